The number of rotatable bonds is 12. The molecule has 2 heterocycles. The predicted octanol–water partition coefficient (Wildman–Crippen LogP) is 3.28. The predicted molar refractivity (Wildman–Crippen MR) is 157 cm³/mol. The van der Waals surface area contributed by atoms with Crippen LogP contribution in [0.15, 0.2) is 0 Å². The van der Waals surface area contributed by atoms with Gasteiger partial charge in [-0.05, 0) is 39.8 Å². The molecule has 0 radical (unpaired) electrons. The Morgan fingerprint density at radius 2 is 1.14 bits per heavy atom. The topological polar surface area (TPSA) is 45.7 Å². The molecule has 0 aromatic rings. The molecule has 0 bridgehead atoms. The molecule has 1 unspecified atom stereocenters. The maximum atomic E-state index is 9.74. The van der Waals surface area contributed by atoms with Gasteiger partial charge < -0.3 is 24.5 Å². The van der Waals surface area contributed by atoms with Crippen molar-refractivity contribution in [1.82, 2.24) is 24.5 Å². The normalized spacial score (nSPS) is 19.4. The third-order valence-electron chi connectivity index (χ3n) is 6.26. The second kappa shape index (κ2) is 21.6. The zero-order valence-electron chi connectivity index (χ0n) is 26.0. The van der Waals surface area contributed by atoms with Crippen molar-refractivity contribution in [3.8, 4) is 0 Å². The molecule has 0 saturated carbocycles. The zero-order valence-corrected chi connectivity index (χ0v) is 26.0. The van der Waals surface area contributed by atoms with Crippen molar-refractivity contribution in [1.29, 1.82) is 0 Å². The number of hydrogen-bond acceptors (Lipinski definition) is 7. The fourth-order valence-corrected chi connectivity index (χ4v) is 4.33. The Kier molecular flexibility index (Phi) is 21.5. The number of aliphatic hydroxyl groups is 1. The Bertz CT molecular complexity index is 466. The van der Waals surface area contributed by atoms with Gasteiger partial charge in [0.2, 0.25) is 0 Å². The molecule has 2 saturated heterocycles. The van der Waals surface area contributed by atoms with Gasteiger partial charge in [-0.1, -0.05) is 48.0 Å². The summed E-state index contributed by atoms with van der Waals surface area (Å²) in [5.74, 6) is 1.55. The number of likely N-dealkylation sites (N-methyl/N-ethyl adjacent to an activating group) is 2. The van der Waals surface area contributed by atoms with Crippen molar-refractivity contribution < 1.29 is 9.84 Å². The first-order valence-electron chi connectivity index (χ1n) is 14.8. The van der Waals surface area contributed by atoms with Crippen molar-refractivity contribution in [3.05, 3.63) is 0 Å². The van der Waals surface area contributed by atoms with E-state index in [-0.39, 0.29) is 12.2 Å². The Morgan fingerprint density at radius 1 is 0.722 bits per heavy atom. The average molecular weight is 516 g/mol. The van der Waals surface area contributed by atoms with Gasteiger partial charge in [0, 0.05) is 85.1 Å². The van der Waals surface area contributed by atoms with Gasteiger partial charge in [-0.2, -0.15) is 0 Å². The lowest BCUT2D eigenvalue weighted by Gasteiger charge is -2.34. The van der Waals surface area contributed by atoms with Crippen molar-refractivity contribution in [2.75, 3.05) is 106 Å². The van der Waals surface area contributed by atoms with Crippen LogP contribution in [0.2, 0.25) is 0 Å². The third-order valence-corrected chi connectivity index (χ3v) is 6.26. The minimum atomic E-state index is -0.351. The van der Waals surface area contributed by atoms with Gasteiger partial charge in [0.05, 0.1) is 18.8 Å². The van der Waals surface area contributed by atoms with Crippen LogP contribution in [0.3, 0.4) is 0 Å². The molecule has 0 aliphatic carbocycles. The Hall–Kier alpha value is -0.280. The number of nitrogens with zero attached hydrogens (tertiary/aromatic N) is 5. The van der Waals surface area contributed by atoms with E-state index in [9.17, 15) is 5.11 Å². The first kappa shape index (κ1) is 35.7. The molecule has 2 fully saturated rings. The highest BCUT2D eigenvalue weighted by Crippen LogP contribution is 2.06. The van der Waals surface area contributed by atoms with Crippen LogP contribution in [0, 0.1) is 11.8 Å². The first-order chi connectivity index (χ1) is 17.0. The highest BCUT2D eigenvalue weighted by molar-refractivity contribution is 4.73. The van der Waals surface area contributed by atoms with Crippen molar-refractivity contribution >= 4 is 0 Å². The molecule has 2 rings (SSSR count). The average Bonchev–Trinajstić information content (AvgIpc) is 2.79. The lowest BCUT2D eigenvalue weighted by Crippen LogP contribution is -2.47. The summed E-state index contributed by atoms with van der Waals surface area (Å²) in [5, 5.41) is 9.74. The molecule has 218 valence electrons. The van der Waals surface area contributed by atoms with E-state index in [4.69, 9.17) is 4.74 Å². The van der Waals surface area contributed by atoms with Crippen LogP contribution in [0.4, 0.5) is 0 Å². The van der Waals surface area contributed by atoms with E-state index in [1.807, 2.05) is 13.8 Å². The molecular formula is C29H65N5O2. The summed E-state index contributed by atoms with van der Waals surface area (Å²) >= 11 is 0. The molecule has 0 amide bonds. The lowest BCUT2D eigenvalue weighted by atomic mass is 10.1. The van der Waals surface area contributed by atoms with Crippen LogP contribution in [0.1, 0.15) is 61.8 Å². The monoisotopic (exact) mass is 516 g/mol. The van der Waals surface area contributed by atoms with Crippen molar-refractivity contribution in [3.63, 3.8) is 0 Å². The van der Waals surface area contributed by atoms with E-state index in [0.717, 1.165) is 44.6 Å². The number of hydrogen-bond donors (Lipinski definition) is 1. The standard InChI is InChI=1S/C15H33N3.C11H24N2O2.C3H8/c1-14(2)12-18(13-15(3)4)11-10-17-8-6-16(5)7-9-17;1-10(2)15-9-11(14)8-13-6-4-12(3)5-7-13;1-3-2/h14-15H,6-13H2,1-5H3;10-11,14H,4-9H2,1-3H3;3H2,1-2H3. The van der Waals surface area contributed by atoms with E-state index in [1.165, 1.54) is 58.8 Å². The van der Waals surface area contributed by atoms with Gasteiger partial charge in [-0.15, -0.1) is 0 Å². The van der Waals surface area contributed by atoms with Gasteiger partial charge in [-0.25, -0.2) is 0 Å². The summed E-state index contributed by atoms with van der Waals surface area (Å²) in [7, 11) is 4.36. The van der Waals surface area contributed by atoms with Gasteiger partial charge in [0.1, 0.15) is 0 Å². The number of piperazine rings is 2. The van der Waals surface area contributed by atoms with Crippen LogP contribution in [0.25, 0.3) is 0 Å². The van der Waals surface area contributed by atoms with Crippen LogP contribution in [-0.2, 0) is 4.74 Å². The number of ether oxygens (including phenoxy) is 1. The molecule has 1 N–H and O–H groups in total. The molecule has 0 spiro atoms. The van der Waals surface area contributed by atoms with E-state index in [2.05, 4.69) is 80.1 Å². The molecule has 2 aliphatic rings. The summed E-state index contributed by atoms with van der Waals surface area (Å²) in [6.45, 7) is 32.9. The van der Waals surface area contributed by atoms with Crippen LogP contribution in [0.5, 0.6) is 0 Å². The lowest BCUT2D eigenvalue weighted by molar-refractivity contribution is -0.0134. The Morgan fingerprint density at radius 3 is 1.53 bits per heavy atom. The molecular weight excluding hydrogens is 450 g/mol. The second-order valence-electron chi connectivity index (χ2n) is 12.0. The molecule has 1 atom stereocenters. The summed E-state index contributed by atoms with van der Waals surface area (Å²) < 4.78 is 5.38. The summed E-state index contributed by atoms with van der Waals surface area (Å²) in [6, 6.07) is 0. The van der Waals surface area contributed by atoms with Crippen molar-refractivity contribution in [2.24, 2.45) is 11.8 Å². The van der Waals surface area contributed by atoms with Gasteiger partial charge in [0.15, 0.2) is 0 Å². The molecule has 0 aromatic carbocycles. The molecule has 0 aromatic heterocycles. The molecule has 2 aliphatic heterocycles. The smallest absolute Gasteiger partial charge is 0.0900 e. The van der Waals surface area contributed by atoms with E-state index in [1.54, 1.807) is 0 Å². The van der Waals surface area contributed by atoms with Gasteiger partial charge in [0.25, 0.3) is 0 Å². The Labute approximate surface area is 226 Å². The maximum absolute atomic E-state index is 9.74. The molecule has 7 nitrogen and oxygen atoms in total. The summed E-state index contributed by atoms with van der Waals surface area (Å²) in [5.41, 5.74) is 0. The molecule has 7 heteroatoms. The largest absolute Gasteiger partial charge is 0.389 e. The highest BCUT2D eigenvalue weighted by atomic mass is 16.5. The van der Waals surface area contributed by atoms with E-state index < -0.39 is 0 Å². The third kappa shape index (κ3) is 20.7. The van der Waals surface area contributed by atoms with Gasteiger partial charge in [-0.3, -0.25) is 9.80 Å². The molecule has 36 heavy (non-hydrogen) atoms. The fourth-order valence-electron chi connectivity index (χ4n) is 4.33. The fraction of sp³-hybridized carbons (Fsp3) is 1.00. The highest BCUT2D eigenvalue weighted by Gasteiger charge is 2.17. The summed E-state index contributed by atoms with van der Waals surface area (Å²) in [6.07, 6.45) is 1.10. The van der Waals surface area contributed by atoms with E-state index in [0.29, 0.717) is 6.61 Å². The first-order valence-corrected chi connectivity index (χ1v) is 14.8. The second-order valence-corrected chi connectivity index (χ2v) is 12.0. The Balaban J connectivity index is 0.000000621. The van der Waals surface area contributed by atoms with Crippen LogP contribution in [-0.4, -0.2) is 148 Å². The van der Waals surface area contributed by atoms with Crippen LogP contribution >= 0.6 is 0 Å². The minimum Gasteiger partial charge on any atom is -0.389 e. The maximum Gasteiger partial charge on any atom is 0.0900 e. The SMILES string of the molecule is CC(C)CN(CCN1CCN(C)CC1)CC(C)C.CC(C)OCC(O)CN1CCN(C)CC1.CCC. The zero-order chi connectivity index (χ0) is 27.5. The minimum absolute atomic E-state index is 0.201. The number of β-amino-alcohol motifs (C(OH)–C–C–N with tert-alkyl or cyclic N) is 1. The number of aliphatic hydroxyl groups excluding tert-OH is 1. The van der Waals surface area contributed by atoms with Gasteiger partial charge >= 0.3 is 0 Å². The summed E-state index contributed by atoms with van der Waals surface area (Å²) in [4.78, 5) is 12.3. The van der Waals surface area contributed by atoms with Crippen molar-refractivity contribution in [2.45, 2.75) is 74.0 Å². The van der Waals surface area contributed by atoms with Crippen LogP contribution < -0.4 is 0 Å². The van der Waals surface area contributed by atoms with E-state index >= 15 is 0 Å². The quantitative estimate of drug-likeness (QED) is 0.428.